The van der Waals surface area contributed by atoms with Crippen LogP contribution in [0.25, 0.3) is 21.2 Å². The molecule has 6 heteroatoms. The standard InChI is InChI=1S/C22H22N4OS/c1-24-11-15(10-23-24)12-26-8-7-20-16(13-26)9-18(22(27)25(20)2)19-14-28-21-6-4-3-5-17(19)21/h3-6,9-11,14H,7-8,12-13H2,1-2H3. The molecule has 0 saturated heterocycles. The van der Waals surface area contributed by atoms with Crippen LogP contribution >= 0.6 is 11.3 Å². The Kier molecular flexibility index (Phi) is 4.18. The quantitative estimate of drug-likeness (QED) is 0.537. The second-order valence-electron chi connectivity index (χ2n) is 7.52. The van der Waals surface area contributed by atoms with E-state index in [1.165, 1.54) is 15.8 Å². The summed E-state index contributed by atoms with van der Waals surface area (Å²) < 4.78 is 4.92. The zero-order valence-electron chi connectivity index (χ0n) is 16.1. The largest absolute Gasteiger partial charge is 0.315 e. The molecule has 0 atom stereocenters. The number of aryl methyl sites for hydroxylation is 1. The predicted molar refractivity (Wildman–Crippen MR) is 114 cm³/mol. The molecule has 5 nitrogen and oxygen atoms in total. The number of benzene rings is 1. The Balaban J connectivity index is 1.54. The molecule has 0 amide bonds. The Bertz CT molecular complexity index is 1230. The van der Waals surface area contributed by atoms with Crippen molar-refractivity contribution in [3.05, 3.63) is 75.3 Å². The van der Waals surface area contributed by atoms with Crippen LogP contribution in [0.1, 0.15) is 16.8 Å². The minimum Gasteiger partial charge on any atom is -0.315 e. The van der Waals surface area contributed by atoms with Gasteiger partial charge < -0.3 is 4.57 Å². The minimum absolute atomic E-state index is 0.100. The number of nitrogens with zero attached hydrogens (tertiary/aromatic N) is 4. The van der Waals surface area contributed by atoms with Crippen molar-refractivity contribution in [1.29, 1.82) is 0 Å². The highest BCUT2D eigenvalue weighted by Gasteiger charge is 2.22. The van der Waals surface area contributed by atoms with Crippen molar-refractivity contribution in [2.45, 2.75) is 19.5 Å². The summed E-state index contributed by atoms with van der Waals surface area (Å²) in [7, 11) is 3.86. The van der Waals surface area contributed by atoms with Gasteiger partial charge in [-0.3, -0.25) is 14.4 Å². The van der Waals surface area contributed by atoms with Gasteiger partial charge in [0.05, 0.1) is 6.20 Å². The Morgan fingerprint density at radius 2 is 2.04 bits per heavy atom. The molecule has 142 valence electrons. The van der Waals surface area contributed by atoms with E-state index in [4.69, 9.17) is 0 Å². The number of hydrogen-bond donors (Lipinski definition) is 0. The first-order valence-corrected chi connectivity index (χ1v) is 10.4. The Hall–Kier alpha value is -2.70. The summed E-state index contributed by atoms with van der Waals surface area (Å²) in [4.78, 5) is 15.5. The van der Waals surface area contributed by atoms with Crippen molar-refractivity contribution in [2.75, 3.05) is 6.54 Å². The molecule has 1 aliphatic rings. The van der Waals surface area contributed by atoms with Crippen LogP contribution in [0.4, 0.5) is 0 Å². The Morgan fingerprint density at radius 3 is 2.86 bits per heavy atom. The molecule has 4 aromatic rings. The lowest BCUT2D eigenvalue weighted by Gasteiger charge is -2.30. The summed E-state index contributed by atoms with van der Waals surface area (Å²) in [6.45, 7) is 2.69. The molecular formula is C22H22N4OS. The first-order valence-electron chi connectivity index (χ1n) is 9.48. The molecule has 0 fully saturated rings. The van der Waals surface area contributed by atoms with Crippen molar-refractivity contribution in [1.82, 2.24) is 19.2 Å². The van der Waals surface area contributed by atoms with Gasteiger partial charge in [0.15, 0.2) is 0 Å². The van der Waals surface area contributed by atoms with E-state index in [0.29, 0.717) is 0 Å². The maximum atomic E-state index is 13.1. The van der Waals surface area contributed by atoms with Crippen LogP contribution in [0.5, 0.6) is 0 Å². The molecule has 0 radical (unpaired) electrons. The van der Waals surface area contributed by atoms with E-state index >= 15 is 0 Å². The highest BCUT2D eigenvalue weighted by Crippen LogP contribution is 2.33. The van der Waals surface area contributed by atoms with Crippen LogP contribution in [0.2, 0.25) is 0 Å². The summed E-state index contributed by atoms with van der Waals surface area (Å²) in [5.41, 5.74) is 5.59. The predicted octanol–water partition coefficient (Wildman–Crippen LogP) is 3.56. The normalized spacial score (nSPS) is 14.5. The van der Waals surface area contributed by atoms with E-state index in [1.54, 1.807) is 11.3 Å². The van der Waals surface area contributed by atoms with Crippen molar-refractivity contribution in [2.24, 2.45) is 14.1 Å². The lowest BCUT2D eigenvalue weighted by Crippen LogP contribution is -2.35. The smallest absolute Gasteiger partial charge is 0.258 e. The number of pyridine rings is 1. The molecule has 5 rings (SSSR count). The second kappa shape index (κ2) is 6.72. The first kappa shape index (κ1) is 17.4. The van der Waals surface area contributed by atoms with Gasteiger partial charge in [0.1, 0.15) is 0 Å². The fraction of sp³-hybridized carbons (Fsp3) is 0.273. The maximum absolute atomic E-state index is 13.1. The third kappa shape index (κ3) is 2.89. The van der Waals surface area contributed by atoms with E-state index in [9.17, 15) is 4.79 Å². The first-order chi connectivity index (χ1) is 13.6. The van der Waals surface area contributed by atoms with Gasteiger partial charge in [-0.05, 0) is 17.7 Å². The van der Waals surface area contributed by atoms with Gasteiger partial charge in [-0.1, -0.05) is 18.2 Å². The van der Waals surface area contributed by atoms with Crippen LogP contribution in [0.3, 0.4) is 0 Å². The third-order valence-corrected chi connectivity index (χ3v) is 6.59. The molecule has 28 heavy (non-hydrogen) atoms. The molecule has 3 aromatic heterocycles. The summed E-state index contributed by atoms with van der Waals surface area (Å²) in [6.07, 6.45) is 4.89. The lowest BCUT2D eigenvalue weighted by atomic mass is 9.98. The van der Waals surface area contributed by atoms with Crippen molar-refractivity contribution < 1.29 is 0 Å². The molecule has 0 N–H and O–H groups in total. The number of fused-ring (bicyclic) bond motifs is 2. The van der Waals surface area contributed by atoms with E-state index in [-0.39, 0.29) is 5.56 Å². The summed E-state index contributed by atoms with van der Waals surface area (Å²) >= 11 is 1.70. The average molecular weight is 391 g/mol. The fourth-order valence-corrected chi connectivity index (χ4v) is 5.17. The summed E-state index contributed by atoms with van der Waals surface area (Å²) in [5, 5.41) is 7.55. The lowest BCUT2D eigenvalue weighted by molar-refractivity contribution is 0.241. The van der Waals surface area contributed by atoms with Crippen LogP contribution in [-0.4, -0.2) is 25.8 Å². The van der Waals surface area contributed by atoms with Crippen molar-refractivity contribution >= 4 is 21.4 Å². The van der Waals surface area contributed by atoms with Gasteiger partial charge >= 0.3 is 0 Å². The zero-order chi connectivity index (χ0) is 19.3. The van der Waals surface area contributed by atoms with E-state index in [1.807, 2.05) is 41.7 Å². The van der Waals surface area contributed by atoms with Gasteiger partial charge in [-0.2, -0.15) is 5.10 Å². The highest BCUT2D eigenvalue weighted by molar-refractivity contribution is 7.17. The van der Waals surface area contributed by atoms with Crippen LogP contribution in [0, 0.1) is 0 Å². The van der Waals surface area contributed by atoms with E-state index in [2.05, 4.69) is 39.8 Å². The highest BCUT2D eigenvalue weighted by atomic mass is 32.1. The van der Waals surface area contributed by atoms with Gasteiger partial charge in [0, 0.05) is 84.2 Å². The minimum atomic E-state index is 0.100. The maximum Gasteiger partial charge on any atom is 0.258 e. The second-order valence-corrected chi connectivity index (χ2v) is 8.43. The summed E-state index contributed by atoms with van der Waals surface area (Å²) in [6, 6.07) is 10.4. The third-order valence-electron chi connectivity index (χ3n) is 5.62. The zero-order valence-corrected chi connectivity index (χ0v) is 16.9. The Labute approximate surface area is 167 Å². The average Bonchev–Trinajstić information content (AvgIpc) is 3.30. The Morgan fingerprint density at radius 1 is 1.18 bits per heavy atom. The van der Waals surface area contributed by atoms with Crippen LogP contribution in [0.15, 0.2) is 52.9 Å². The van der Waals surface area contributed by atoms with Gasteiger partial charge in [-0.25, -0.2) is 0 Å². The van der Waals surface area contributed by atoms with Gasteiger partial charge in [-0.15, -0.1) is 11.3 Å². The monoisotopic (exact) mass is 390 g/mol. The molecule has 1 aromatic carbocycles. The van der Waals surface area contributed by atoms with Crippen molar-refractivity contribution in [3.8, 4) is 11.1 Å². The van der Waals surface area contributed by atoms with E-state index in [0.717, 1.165) is 48.3 Å². The number of hydrogen-bond acceptors (Lipinski definition) is 4. The SMILES string of the molecule is Cn1cc(CN2CCc3c(cc(-c4csc5ccccc45)c(=O)n3C)C2)cn1. The van der Waals surface area contributed by atoms with Crippen LogP contribution < -0.4 is 5.56 Å². The summed E-state index contributed by atoms with van der Waals surface area (Å²) in [5.74, 6) is 0. The topological polar surface area (TPSA) is 43.1 Å². The number of thiophene rings is 1. The van der Waals surface area contributed by atoms with Crippen LogP contribution in [-0.2, 0) is 33.6 Å². The molecule has 0 bridgehead atoms. The fourth-order valence-electron chi connectivity index (χ4n) is 4.21. The van der Waals surface area contributed by atoms with Gasteiger partial charge in [0.2, 0.25) is 0 Å². The van der Waals surface area contributed by atoms with Crippen molar-refractivity contribution in [3.63, 3.8) is 0 Å². The van der Waals surface area contributed by atoms with E-state index < -0.39 is 0 Å². The van der Waals surface area contributed by atoms with Gasteiger partial charge in [0.25, 0.3) is 5.56 Å². The molecule has 0 saturated carbocycles. The molecule has 0 aliphatic carbocycles. The molecular weight excluding hydrogens is 368 g/mol. The molecule has 0 unspecified atom stereocenters. The molecule has 4 heterocycles. The number of aromatic nitrogens is 3. The molecule has 0 spiro atoms. The molecule has 1 aliphatic heterocycles. The number of rotatable bonds is 3.